The Bertz CT molecular complexity index is 1440. The molecule has 3 aromatic carbocycles. The first-order valence-electron chi connectivity index (χ1n) is 12.4. The van der Waals surface area contributed by atoms with Crippen LogP contribution in [0.2, 0.25) is 0 Å². The van der Waals surface area contributed by atoms with Gasteiger partial charge in [0.15, 0.2) is 0 Å². The summed E-state index contributed by atoms with van der Waals surface area (Å²) < 4.78 is 11.1. The molecule has 0 radical (unpaired) electrons. The Labute approximate surface area is 216 Å². The lowest BCUT2D eigenvalue weighted by molar-refractivity contribution is 0.203. The number of ether oxygens (including phenoxy) is 1. The number of nitrogens with one attached hydrogen (secondary N) is 1. The molecule has 1 aliphatic rings. The summed E-state index contributed by atoms with van der Waals surface area (Å²) in [5.74, 6) is 1.60. The van der Waals surface area contributed by atoms with Gasteiger partial charge in [-0.15, -0.1) is 0 Å². The van der Waals surface area contributed by atoms with Gasteiger partial charge in [-0.1, -0.05) is 60.6 Å². The molecule has 2 amide bonds. The quantitative estimate of drug-likeness (QED) is 0.325. The standard InChI is InChI=1S/C30H30N4O3/c1-5-21-10-12-22(13-11-21)27-26(29-32-28(33-37-29)23-14-16-25(36-4)17-15-23)20(3)34(30(35)31-27)18-24-9-7-6-8-19(24)2/h6-17,27H,5,18H2,1-4H3,(H,31,35). The van der Waals surface area contributed by atoms with Crippen LogP contribution in [-0.4, -0.2) is 28.2 Å². The number of urea groups is 1. The van der Waals surface area contributed by atoms with Gasteiger partial charge in [-0.25, -0.2) is 4.79 Å². The van der Waals surface area contributed by atoms with Crippen LogP contribution in [0.4, 0.5) is 4.79 Å². The van der Waals surface area contributed by atoms with Gasteiger partial charge in [0.25, 0.3) is 5.89 Å². The van der Waals surface area contributed by atoms with E-state index in [4.69, 9.17) is 14.2 Å². The van der Waals surface area contributed by atoms with Crippen molar-refractivity contribution in [2.24, 2.45) is 0 Å². The lowest BCUT2D eigenvalue weighted by atomic mass is 9.93. The Morgan fingerprint density at radius 1 is 1.00 bits per heavy atom. The summed E-state index contributed by atoms with van der Waals surface area (Å²) in [6, 6.07) is 23.3. The number of methoxy groups -OCH3 is 1. The monoisotopic (exact) mass is 494 g/mol. The second kappa shape index (κ2) is 10.3. The van der Waals surface area contributed by atoms with E-state index in [1.54, 1.807) is 12.0 Å². The fourth-order valence-electron chi connectivity index (χ4n) is 4.59. The first-order valence-corrected chi connectivity index (χ1v) is 12.4. The number of aromatic nitrogens is 2. The van der Waals surface area contributed by atoms with Crippen molar-refractivity contribution in [3.8, 4) is 17.1 Å². The molecule has 1 atom stereocenters. The third kappa shape index (κ3) is 4.85. The predicted molar refractivity (Wildman–Crippen MR) is 143 cm³/mol. The number of allylic oxidation sites excluding steroid dienone is 1. The molecule has 1 unspecified atom stereocenters. The molecular weight excluding hydrogens is 464 g/mol. The third-order valence-electron chi connectivity index (χ3n) is 6.91. The Hall–Kier alpha value is -4.39. The minimum atomic E-state index is -0.421. The van der Waals surface area contributed by atoms with Crippen LogP contribution in [0.3, 0.4) is 0 Å². The number of carbonyl (C=O) groups excluding carboxylic acids is 1. The SMILES string of the molecule is CCc1ccc(C2NC(=O)N(Cc3ccccc3C)C(C)=C2c2nc(-c3ccc(OC)cc3)no2)cc1. The van der Waals surface area contributed by atoms with Crippen LogP contribution in [0.15, 0.2) is 83.0 Å². The Balaban J connectivity index is 1.58. The third-order valence-corrected chi connectivity index (χ3v) is 6.91. The summed E-state index contributed by atoms with van der Waals surface area (Å²) in [7, 11) is 1.63. The molecule has 4 aromatic rings. The Morgan fingerprint density at radius 3 is 2.41 bits per heavy atom. The summed E-state index contributed by atoms with van der Waals surface area (Å²) in [5.41, 5.74) is 6.77. The lowest BCUT2D eigenvalue weighted by Crippen LogP contribution is -2.45. The van der Waals surface area contributed by atoms with Crippen LogP contribution < -0.4 is 10.1 Å². The summed E-state index contributed by atoms with van der Waals surface area (Å²) in [6.07, 6.45) is 0.943. The molecule has 0 bridgehead atoms. The average Bonchev–Trinajstić information content (AvgIpc) is 3.41. The summed E-state index contributed by atoms with van der Waals surface area (Å²) in [4.78, 5) is 19.9. The van der Waals surface area contributed by atoms with Crippen molar-refractivity contribution >= 4 is 11.6 Å². The van der Waals surface area contributed by atoms with Crippen molar-refractivity contribution in [2.75, 3.05) is 7.11 Å². The first-order chi connectivity index (χ1) is 18.0. The molecule has 0 fully saturated rings. The highest BCUT2D eigenvalue weighted by atomic mass is 16.5. The van der Waals surface area contributed by atoms with Crippen LogP contribution in [0.5, 0.6) is 5.75 Å². The molecule has 7 nitrogen and oxygen atoms in total. The highest BCUT2D eigenvalue weighted by molar-refractivity contribution is 5.87. The second-order valence-corrected chi connectivity index (χ2v) is 9.14. The van der Waals surface area contributed by atoms with Gasteiger partial charge in [0.1, 0.15) is 5.75 Å². The van der Waals surface area contributed by atoms with Crippen molar-refractivity contribution in [3.05, 3.63) is 107 Å². The summed E-state index contributed by atoms with van der Waals surface area (Å²) in [5, 5.41) is 7.44. The van der Waals surface area contributed by atoms with Crippen LogP contribution >= 0.6 is 0 Å². The molecule has 1 N–H and O–H groups in total. The minimum Gasteiger partial charge on any atom is -0.497 e. The summed E-state index contributed by atoms with van der Waals surface area (Å²) in [6.45, 7) is 6.55. The van der Waals surface area contributed by atoms with Gasteiger partial charge in [0, 0.05) is 11.3 Å². The fraction of sp³-hybridized carbons (Fsp3) is 0.233. The van der Waals surface area contributed by atoms with Crippen LogP contribution in [0.25, 0.3) is 17.0 Å². The van der Waals surface area contributed by atoms with E-state index in [9.17, 15) is 4.79 Å². The number of benzene rings is 3. The first kappa shape index (κ1) is 24.3. The molecule has 37 heavy (non-hydrogen) atoms. The highest BCUT2D eigenvalue weighted by Gasteiger charge is 2.36. The van der Waals surface area contributed by atoms with E-state index in [-0.39, 0.29) is 6.03 Å². The Kier molecular flexibility index (Phi) is 6.77. The fourth-order valence-corrected chi connectivity index (χ4v) is 4.59. The number of hydrogen-bond acceptors (Lipinski definition) is 5. The van der Waals surface area contributed by atoms with E-state index >= 15 is 0 Å². The van der Waals surface area contributed by atoms with Gasteiger partial charge in [0.05, 0.1) is 25.3 Å². The molecular formula is C30H30N4O3. The summed E-state index contributed by atoms with van der Waals surface area (Å²) >= 11 is 0. The van der Waals surface area contributed by atoms with Gasteiger partial charge < -0.3 is 14.6 Å². The van der Waals surface area contributed by atoms with E-state index < -0.39 is 6.04 Å². The van der Waals surface area contributed by atoms with Gasteiger partial charge >= 0.3 is 6.03 Å². The smallest absolute Gasteiger partial charge is 0.322 e. The highest BCUT2D eigenvalue weighted by Crippen LogP contribution is 2.38. The van der Waals surface area contributed by atoms with Gasteiger partial charge in [-0.05, 0) is 66.8 Å². The zero-order valence-electron chi connectivity index (χ0n) is 21.5. The number of nitrogens with zero attached hydrogens (tertiary/aromatic N) is 3. The van der Waals surface area contributed by atoms with E-state index in [2.05, 4.69) is 41.7 Å². The maximum Gasteiger partial charge on any atom is 0.322 e. The number of carbonyl (C=O) groups is 1. The second-order valence-electron chi connectivity index (χ2n) is 9.14. The largest absolute Gasteiger partial charge is 0.497 e. The number of rotatable bonds is 7. The number of aryl methyl sites for hydroxylation is 2. The number of hydrogen-bond donors (Lipinski definition) is 1. The maximum atomic E-state index is 13.4. The molecule has 0 saturated carbocycles. The molecule has 1 aromatic heterocycles. The van der Waals surface area contributed by atoms with Crippen LogP contribution in [-0.2, 0) is 13.0 Å². The van der Waals surface area contributed by atoms with Crippen molar-refractivity contribution in [3.63, 3.8) is 0 Å². The zero-order valence-corrected chi connectivity index (χ0v) is 21.5. The van der Waals surface area contributed by atoms with Crippen molar-refractivity contribution in [1.82, 2.24) is 20.4 Å². The van der Waals surface area contributed by atoms with E-state index in [1.807, 2.05) is 62.4 Å². The minimum absolute atomic E-state index is 0.163. The van der Waals surface area contributed by atoms with E-state index in [0.29, 0.717) is 18.3 Å². The topological polar surface area (TPSA) is 80.5 Å². The van der Waals surface area contributed by atoms with Crippen molar-refractivity contribution in [1.29, 1.82) is 0 Å². The zero-order chi connectivity index (χ0) is 25.9. The molecule has 2 heterocycles. The van der Waals surface area contributed by atoms with E-state index in [0.717, 1.165) is 45.7 Å². The maximum absolute atomic E-state index is 13.4. The van der Waals surface area contributed by atoms with Crippen molar-refractivity contribution < 1.29 is 14.1 Å². The molecule has 7 heteroatoms. The molecule has 0 spiro atoms. The van der Waals surface area contributed by atoms with Gasteiger partial charge in [-0.3, -0.25) is 4.90 Å². The normalized spacial score (nSPS) is 15.6. The van der Waals surface area contributed by atoms with E-state index in [1.165, 1.54) is 5.56 Å². The predicted octanol–water partition coefficient (Wildman–Crippen LogP) is 6.31. The molecule has 0 saturated heterocycles. The lowest BCUT2D eigenvalue weighted by Gasteiger charge is -2.35. The average molecular weight is 495 g/mol. The van der Waals surface area contributed by atoms with Gasteiger partial charge in [-0.2, -0.15) is 4.98 Å². The molecule has 1 aliphatic heterocycles. The van der Waals surface area contributed by atoms with Crippen molar-refractivity contribution in [2.45, 2.75) is 39.8 Å². The van der Waals surface area contributed by atoms with Gasteiger partial charge in [0.2, 0.25) is 5.82 Å². The molecule has 5 rings (SSSR count). The molecule has 188 valence electrons. The van der Waals surface area contributed by atoms with Crippen LogP contribution in [0, 0.1) is 6.92 Å². The Morgan fingerprint density at radius 2 is 1.73 bits per heavy atom. The van der Waals surface area contributed by atoms with Crippen LogP contribution in [0.1, 0.15) is 48.0 Å². The number of amides is 2. The molecule has 0 aliphatic carbocycles.